The van der Waals surface area contributed by atoms with E-state index in [9.17, 15) is 4.79 Å². The van der Waals surface area contributed by atoms with Crippen LogP contribution in [0, 0.1) is 0 Å². The van der Waals surface area contributed by atoms with Crippen LogP contribution in [0.5, 0.6) is 0 Å². The highest BCUT2D eigenvalue weighted by atomic mass is 28.4. The van der Waals surface area contributed by atoms with Crippen molar-refractivity contribution in [1.29, 1.82) is 0 Å². The van der Waals surface area contributed by atoms with Crippen LogP contribution in [0.1, 0.15) is 24.8 Å². The Morgan fingerprint density at radius 2 is 1.89 bits per heavy atom. The molecule has 0 N–H and O–H groups in total. The Labute approximate surface area is 116 Å². The average molecular weight is 274 g/mol. The second-order valence-electron chi connectivity index (χ2n) is 6.10. The predicted octanol–water partition coefficient (Wildman–Crippen LogP) is 4.04. The van der Waals surface area contributed by atoms with E-state index in [2.05, 4.69) is 19.6 Å². The van der Waals surface area contributed by atoms with E-state index in [1.54, 1.807) is 0 Å². The zero-order valence-electron chi connectivity index (χ0n) is 12.0. The Morgan fingerprint density at radius 3 is 2.47 bits per heavy atom. The van der Waals surface area contributed by atoms with Crippen LogP contribution in [-0.4, -0.2) is 20.2 Å². The Kier molecular flexibility index (Phi) is 4.37. The number of hydrogen-bond donors (Lipinski definition) is 0. The SMILES string of the molecule is C[Si](C)(C)OC1CCC(=Cc2ccccc2)C(=O)C1. The van der Waals surface area contributed by atoms with E-state index in [4.69, 9.17) is 4.43 Å². The molecule has 1 atom stereocenters. The first-order valence-electron chi connectivity index (χ1n) is 6.91. The number of hydrogen-bond acceptors (Lipinski definition) is 2. The molecule has 2 nitrogen and oxygen atoms in total. The highest BCUT2D eigenvalue weighted by Crippen LogP contribution is 2.26. The zero-order chi connectivity index (χ0) is 13.9. The molecule has 2 rings (SSSR count). The molecule has 0 spiro atoms. The van der Waals surface area contributed by atoms with Gasteiger partial charge in [0.15, 0.2) is 14.1 Å². The molecule has 1 fully saturated rings. The van der Waals surface area contributed by atoms with Crippen LogP contribution < -0.4 is 0 Å². The van der Waals surface area contributed by atoms with Crippen LogP contribution in [0.25, 0.3) is 6.08 Å². The van der Waals surface area contributed by atoms with E-state index in [1.807, 2.05) is 36.4 Å². The Hall–Kier alpha value is -1.19. The molecule has 0 amide bonds. The molecule has 1 aliphatic rings. The van der Waals surface area contributed by atoms with Crippen molar-refractivity contribution in [3.8, 4) is 0 Å². The first kappa shape index (κ1) is 14.2. The van der Waals surface area contributed by atoms with Crippen LogP contribution in [0.15, 0.2) is 35.9 Å². The summed E-state index contributed by atoms with van der Waals surface area (Å²) < 4.78 is 6.04. The fourth-order valence-electron chi connectivity index (χ4n) is 2.40. The van der Waals surface area contributed by atoms with Gasteiger partial charge >= 0.3 is 0 Å². The number of carbonyl (C=O) groups excluding carboxylic acids is 1. The zero-order valence-corrected chi connectivity index (χ0v) is 13.0. The van der Waals surface area contributed by atoms with Gasteiger partial charge < -0.3 is 4.43 Å². The Bertz CT molecular complexity index is 471. The van der Waals surface area contributed by atoms with E-state index in [1.165, 1.54) is 0 Å². The topological polar surface area (TPSA) is 26.3 Å². The van der Waals surface area contributed by atoms with Crippen LogP contribution in [-0.2, 0) is 9.22 Å². The van der Waals surface area contributed by atoms with Gasteiger partial charge in [0.2, 0.25) is 0 Å². The van der Waals surface area contributed by atoms with Gasteiger partial charge in [0.05, 0.1) is 6.10 Å². The molecule has 0 saturated heterocycles. The van der Waals surface area contributed by atoms with Gasteiger partial charge in [0.25, 0.3) is 0 Å². The third kappa shape index (κ3) is 4.44. The highest BCUT2D eigenvalue weighted by Gasteiger charge is 2.28. The predicted molar refractivity (Wildman–Crippen MR) is 81.5 cm³/mol. The summed E-state index contributed by atoms with van der Waals surface area (Å²) in [7, 11) is -1.54. The van der Waals surface area contributed by atoms with Gasteiger partial charge in [0, 0.05) is 6.42 Å². The van der Waals surface area contributed by atoms with Gasteiger partial charge in [-0.05, 0) is 49.7 Å². The van der Waals surface area contributed by atoms with E-state index in [0.717, 1.165) is 24.0 Å². The van der Waals surface area contributed by atoms with Gasteiger partial charge in [-0.2, -0.15) is 0 Å². The maximum atomic E-state index is 12.2. The Morgan fingerprint density at radius 1 is 1.21 bits per heavy atom. The molecule has 0 radical (unpaired) electrons. The van der Waals surface area contributed by atoms with Crippen LogP contribution in [0.2, 0.25) is 19.6 Å². The van der Waals surface area contributed by atoms with Crippen molar-refractivity contribution in [2.24, 2.45) is 0 Å². The summed E-state index contributed by atoms with van der Waals surface area (Å²) in [5.41, 5.74) is 2.05. The van der Waals surface area contributed by atoms with Crippen LogP contribution in [0.4, 0.5) is 0 Å². The first-order chi connectivity index (χ1) is 8.94. The lowest BCUT2D eigenvalue weighted by Crippen LogP contribution is -2.35. The molecule has 1 aromatic rings. The standard InChI is InChI=1S/C16H22O2Si/c1-19(2,3)18-15-10-9-14(16(17)12-15)11-13-7-5-4-6-8-13/h4-8,11,15H,9-10,12H2,1-3H3. The fourth-order valence-corrected chi connectivity index (χ4v) is 3.60. The smallest absolute Gasteiger partial charge is 0.184 e. The lowest BCUT2D eigenvalue weighted by molar-refractivity contribution is -0.118. The lowest BCUT2D eigenvalue weighted by atomic mass is 9.90. The summed E-state index contributed by atoms with van der Waals surface area (Å²) >= 11 is 0. The summed E-state index contributed by atoms with van der Waals surface area (Å²) in [6.45, 7) is 6.52. The van der Waals surface area contributed by atoms with Gasteiger partial charge in [-0.3, -0.25) is 4.79 Å². The molecule has 19 heavy (non-hydrogen) atoms. The average Bonchev–Trinajstić information content (AvgIpc) is 2.32. The van der Waals surface area contributed by atoms with Crippen molar-refractivity contribution in [1.82, 2.24) is 0 Å². The van der Waals surface area contributed by atoms with E-state index in [-0.39, 0.29) is 11.9 Å². The maximum absolute atomic E-state index is 12.2. The quantitative estimate of drug-likeness (QED) is 0.614. The van der Waals surface area contributed by atoms with Crippen LogP contribution >= 0.6 is 0 Å². The number of rotatable bonds is 3. The fraction of sp³-hybridized carbons (Fsp3) is 0.438. The first-order valence-corrected chi connectivity index (χ1v) is 10.3. The van der Waals surface area contributed by atoms with Crippen molar-refractivity contribution < 1.29 is 9.22 Å². The minimum absolute atomic E-state index is 0.132. The maximum Gasteiger partial charge on any atom is 0.184 e. The van der Waals surface area contributed by atoms with Gasteiger partial charge in [0.1, 0.15) is 0 Å². The molecule has 0 aromatic heterocycles. The van der Waals surface area contributed by atoms with E-state index < -0.39 is 8.32 Å². The molecule has 0 aliphatic heterocycles. The monoisotopic (exact) mass is 274 g/mol. The molecule has 3 heteroatoms. The summed E-state index contributed by atoms with van der Waals surface area (Å²) in [4.78, 5) is 12.2. The number of carbonyl (C=O) groups is 1. The summed E-state index contributed by atoms with van der Waals surface area (Å²) in [5, 5.41) is 0. The summed E-state index contributed by atoms with van der Waals surface area (Å²) in [6.07, 6.45) is 4.50. The molecule has 1 unspecified atom stereocenters. The second-order valence-corrected chi connectivity index (χ2v) is 10.6. The molecule has 1 aromatic carbocycles. The molecular weight excluding hydrogens is 252 g/mol. The van der Waals surface area contributed by atoms with Crippen molar-refractivity contribution in [2.45, 2.75) is 45.0 Å². The van der Waals surface area contributed by atoms with E-state index in [0.29, 0.717) is 6.42 Å². The number of ketones is 1. The largest absolute Gasteiger partial charge is 0.414 e. The third-order valence-electron chi connectivity index (χ3n) is 3.17. The summed E-state index contributed by atoms with van der Waals surface area (Å²) in [5.74, 6) is 0.248. The molecule has 0 heterocycles. The molecule has 102 valence electrons. The van der Waals surface area contributed by atoms with Crippen molar-refractivity contribution in [2.75, 3.05) is 0 Å². The van der Waals surface area contributed by atoms with Crippen molar-refractivity contribution >= 4 is 20.2 Å². The van der Waals surface area contributed by atoms with Gasteiger partial charge in [-0.1, -0.05) is 30.3 Å². The number of Topliss-reactive ketones (excluding diaryl/α,β-unsaturated/α-hetero) is 1. The van der Waals surface area contributed by atoms with Crippen molar-refractivity contribution in [3.05, 3.63) is 41.5 Å². The Balaban J connectivity index is 2.02. The minimum Gasteiger partial charge on any atom is -0.414 e. The summed E-state index contributed by atoms with van der Waals surface area (Å²) in [6, 6.07) is 10.0. The second kappa shape index (κ2) is 5.84. The van der Waals surface area contributed by atoms with Gasteiger partial charge in [-0.25, -0.2) is 0 Å². The number of benzene rings is 1. The van der Waals surface area contributed by atoms with Crippen LogP contribution in [0.3, 0.4) is 0 Å². The highest BCUT2D eigenvalue weighted by molar-refractivity contribution is 6.69. The minimum atomic E-state index is -1.54. The van der Waals surface area contributed by atoms with Gasteiger partial charge in [-0.15, -0.1) is 0 Å². The van der Waals surface area contributed by atoms with Crippen molar-refractivity contribution in [3.63, 3.8) is 0 Å². The lowest BCUT2D eigenvalue weighted by Gasteiger charge is -2.29. The normalized spacial score (nSPS) is 22.8. The molecule has 0 bridgehead atoms. The molecule has 1 aliphatic carbocycles. The number of allylic oxidation sites excluding steroid dienone is 1. The molecule has 1 saturated carbocycles. The third-order valence-corrected chi connectivity index (χ3v) is 4.21. The van der Waals surface area contributed by atoms with E-state index >= 15 is 0 Å². The molecular formula is C16H22O2Si.